The van der Waals surface area contributed by atoms with Crippen LogP contribution in [0.2, 0.25) is 0 Å². The van der Waals surface area contributed by atoms with Crippen LogP contribution in [0.3, 0.4) is 0 Å². The Kier molecular flexibility index (Phi) is 8.54. The molecule has 2 aromatic heterocycles. The van der Waals surface area contributed by atoms with E-state index in [0.29, 0.717) is 17.0 Å². The fourth-order valence-electron chi connectivity index (χ4n) is 4.79. The van der Waals surface area contributed by atoms with Gasteiger partial charge in [0.1, 0.15) is 10.7 Å². The molecule has 5 aromatic rings. The van der Waals surface area contributed by atoms with Gasteiger partial charge in [0, 0.05) is 22.9 Å². The number of aryl methyl sites for hydroxylation is 1. The van der Waals surface area contributed by atoms with Crippen LogP contribution in [-0.4, -0.2) is 43.0 Å². The summed E-state index contributed by atoms with van der Waals surface area (Å²) < 4.78 is 14.0. The second kappa shape index (κ2) is 12.6. The lowest BCUT2D eigenvalue weighted by Crippen LogP contribution is -2.38. The monoisotopic (exact) mass is 599 g/mol. The summed E-state index contributed by atoms with van der Waals surface area (Å²) >= 11 is 3.20. The smallest absolute Gasteiger partial charge is 0.275 e. The molecule has 1 fully saturated rings. The molecule has 6 rings (SSSR count). The van der Waals surface area contributed by atoms with Gasteiger partial charge in [0.25, 0.3) is 5.91 Å². The molecule has 1 saturated heterocycles. The van der Waals surface area contributed by atoms with Crippen LogP contribution >= 0.6 is 23.1 Å². The zero-order chi connectivity index (χ0) is 29.1. The molecule has 4 atom stereocenters. The van der Waals surface area contributed by atoms with E-state index in [2.05, 4.69) is 32.4 Å². The maximum absolute atomic E-state index is 12.9. The minimum atomic E-state index is -0.610. The lowest BCUT2D eigenvalue weighted by Gasteiger charge is -2.41. The van der Waals surface area contributed by atoms with Crippen molar-refractivity contribution in [3.63, 3.8) is 0 Å². The summed E-state index contributed by atoms with van der Waals surface area (Å²) in [7, 11) is 0. The van der Waals surface area contributed by atoms with Gasteiger partial charge in [-0.25, -0.2) is 4.98 Å². The number of anilines is 1. The number of aliphatic hydroxyl groups excluding tert-OH is 1. The van der Waals surface area contributed by atoms with Gasteiger partial charge in [-0.15, -0.1) is 10.2 Å². The Bertz CT molecular complexity index is 1680. The van der Waals surface area contributed by atoms with Gasteiger partial charge in [-0.05, 0) is 42.3 Å². The number of ether oxygens (including phenoxy) is 2. The van der Waals surface area contributed by atoms with E-state index in [1.807, 2.05) is 79.7 Å². The Hall–Kier alpha value is -3.74. The van der Waals surface area contributed by atoms with Gasteiger partial charge in [-0.1, -0.05) is 78.6 Å². The largest absolute Gasteiger partial charge is 0.392 e. The van der Waals surface area contributed by atoms with Crippen LogP contribution in [0.1, 0.15) is 51.5 Å². The lowest BCUT2D eigenvalue weighted by molar-refractivity contribution is -0.268. The minimum Gasteiger partial charge on any atom is -0.392 e. The fourth-order valence-corrected chi connectivity index (χ4v) is 6.79. The van der Waals surface area contributed by atoms with E-state index in [4.69, 9.17) is 9.47 Å². The van der Waals surface area contributed by atoms with E-state index in [1.54, 1.807) is 23.1 Å². The van der Waals surface area contributed by atoms with Gasteiger partial charge in [0.15, 0.2) is 10.6 Å². The number of hydrogen-bond acceptors (Lipinski definition) is 10. The minimum absolute atomic E-state index is 0.00997. The fraction of sp³-hybridized carbons (Fsp3) is 0.258. The average Bonchev–Trinajstić information content (AvgIpc) is 3.45. The number of carbonyl (C=O) groups excluding carboxylic acids is 1. The van der Waals surface area contributed by atoms with Crippen LogP contribution in [-0.2, 0) is 16.1 Å². The zero-order valence-corrected chi connectivity index (χ0v) is 24.6. The topological polar surface area (TPSA) is 119 Å². The number of para-hydroxylation sites is 2. The molecule has 1 aliphatic heterocycles. The molecule has 4 unspecified atom stereocenters. The Morgan fingerprint density at radius 1 is 0.976 bits per heavy atom. The van der Waals surface area contributed by atoms with Crippen molar-refractivity contribution in [3.8, 4) is 0 Å². The summed E-state index contributed by atoms with van der Waals surface area (Å²) in [6, 6.07) is 22.7. The highest BCUT2D eigenvalue weighted by Gasteiger charge is 2.38. The number of hydrogen-bond donors (Lipinski definition) is 2. The number of benzene rings is 3. The summed E-state index contributed by atoms with van der Waals surface area (Å²) in [5.74, 6) is 0.418. The molecule has 214 valence electrons. The van der Waals surface area contributed by atoms with Crippen molar-refractivity contribution in [2.24, 2.45) is 5.92 Å². The highest BCUT2D eigenvalue weighted by molar-refractivity contribution is 8.01. The molecule has 0 saturated carbocycles. The molecular formula is C31H29N5O4S2. The number of aliphatic hydroxyl groups is 1. The third-order valence-corrected chi connectivity index (χ3v) is 9.18. The number of fused-ring (bicyclic) bond motifs is 1. The van der Waals surface area contributed by atoms with Gasteiger partial charge in [0.05, 0.1) is 36.0 Å². The highest BCUT2D eigenvalue weighted by atomic mass is 32.2. The van der Waals surface area contributed by atoms with Crippen LogP contribution in [0.25, 0.3) is 11.0 Å². The summed E-state index contributed by atoms with van der Waals surface area (Å²) in [4.78, 5) is 21.6. The first-order valence-corrected chi connectivity index (χ1v) is 15.3. The number of nitrogens with one attached hydrogen (secondary N) is 1. The Morgan fingerprint density at radius 2 is 1.71 bits per heavy atom. The molecule has 1 aliphatic rings. The number of amides is 1. The van der Waals surface area contributed by atoms with Gasteiger partial charge in [-0.2, -0.15) is 0 Å². The number of rotatable bonds is 8. The van der Waals surface area contributed by atoms with E-state index < -0.39 is 6.29 Å². The summed E-state index contributed by atoms with van der Waals surface area (Å²) in [6.07, 6.45) is 0.530. The van der Waals surface area contributed by atoms with Crippen molar-refractivity contribution in [1.29, 1.82) is 0 Å². The first-order chi connectivity index (χ1) is 20.5. The highest BCUT2D eigenvalue weighted by Crippen LogP contribution is 2.43. The third-order valence-electron chi connectivity index (χ3n) is 7.12. The Labute approximate surface area is 251 Å². The van der Waals surface area contributed by atoms with Crippen LogP contribution in [0, 0.1) is 12.8 Å². The summed E-state index contributed by atoms with van der Waals surface area (Å²) in [5, 5.41) is 21.7. The molecule has 9 nitrogen and oxygen atoms in total. The number of thioether (sulfide) groups is 1. The normalized spacial score (nSPS) is 20.5. The van der Waals surface area contributed by atoms with Crippen molar-refractivity contribution >= 4 is 45.7 Å². The number of nitrogens with zero attached hydrogens (tertiary/aromatic N) is 4. The lowest BCUT2D eigenvalue weighted by atomic mass is 9.91. The predicted molar refractivity (Wildman–Crippen MR) is 162 cm³/mol. The molecule has 0 radical (unpaired) electrons. The van der Waals surface area contributed by atoms with E-state index in [1.165, 1.54) is 6.20 Å². The average molecular weight is 600 g/mol. The standard InChI is InChI=1S/C31H29N5O4S2/c1-18-27(17-41-31-36-35-19(2)42-31)39-30(40-28(18)21-9-7-20(16-37)8-10-21)22-11-13-23(14-12-22)33-29(38)26-15-32-24-5-3-4-6-25(24)34-26/h3-15,18,27-28,30,37H,16-17H2,1-2H3,(H,33,38). The van der Waals surface area contributed by atoms with E-state index in [0.717, 1.165) is 31.6 Å². The van der Waals surface area contributed by atoms with Crippen molar-refractivity contribution in [2.75, 3.05) is 11.1 Å². The molecule has 0 spiro atoms. The van der Waals surface area contributed by atoms with E-state index in [-0.39, 0.29) is 36.3 Å². The summed E-state index contributed by atoms with van der Waals surface area (Å²) in [5.41, 5.74) is 4.97. The van der Waals surface area contributed by atoms with Gasteiger partial charge in [0.2, 0.25) is 0 Å². The van der Waals surface area contributed by atoms with Crippen LogP contribution in [0.5, 0.6) is 0 Å². The Balaban J connectivity index is 1.19. The van der Waals surface area contributed by atoms with E-state index >= 15 is 0 Å². The summed E-state index contributed by atoms with van der Waals surface area (Å²) in [6.45, 7) is 4.06. The van der Waals surface area contributed by atoms with Crippen LogP contribution in [0.4, 0.5) is 5.69 Å². The maximum atomic E-state index is 12.9. The van der Waals surface area contributed by atoms with Crippen molar-refractivity contribution < 1.29 is 19.4 Å². The third kappa shape index (κ3) is 6.35. The maximum Gasteiger partial charge on any atom is 0.275 e. The SMILES string of the molecule is Cc1nnc(SCC2OC(c3ccc(NC(=O)c4cnc5ccccc5n4)cc3)OC(c3ccc(CO)cc3)C2C)s1. The molecule has 0 bridgehead atoms. The molecule has 1 amide bonds. The number of aromatic nitrogens is 4. The first kappa shape index (κ1) is 28.4. The molecule has 0 aliphatic carbocycles. The molecule has 2 N–H and O–H groups in total. The van der Waals surface area contributed by atoms with Crippen LogP contribution in [0.15, 0.2) is 83.3 Å². The van der Waals surface area contributed by atoms with Crippen molar-refractivity contribution in [1.82, 2.24) is 20.2 Å². The number of carbonyl (C=O) groups is 1. The molecule has 3 aromatic carbocycles. The molecule has 11 heteroatoms. The van der Waals surface area contributed by atoms with Gasteiger partial charge in [-0.3, -0.25) is 9.78 Å². The van der Waals surface area contributed by atoms with Crippen molar-refractivity contribution in [3.05, 3.63) is 106 Å². The van der Waals surface area contributed by atoms with Crippen LogP contribution < -0.4 is 5.32 Å². The van der Waals surface area contributed by atoms with Crippen molar-refractivity contribution in [2.45, 2.75) is 43.3 Å². The predicted octanol–water partition coefficient (Wildman–Crippen LogP) is 6.12. The van der Waals surface area contributed by atoms with Gasteiger partial charge >= 0.3 is 0 Å². The molecule has 3 heterocycles. The second-order valence-electron chi connectivity index (χ2n) is 10.0. The van der Waals surface area contributed by atoms with E-state index in [9.17, 15) is 9.90 Å². The Morgan fingerprint density at radius 3 is 2.43 bits per heavy atom. The quantitative estimate of drug-likeness (QED) is 0.203. The first-order valence-electron chi connectivity index (χ1n) is 13.5. The molecule has 42 heavy (non-hydrogen) atoms. The second-order valence-corrected chi connectivity index (χ2v) is 12.5. The van der Waals surface area contributed by atoms with Gasteiger partial charge < -0.3 is 19.9 Å². The molecular weight excluding hydrogens is 571 g/mol. The zero-order valence-electron chi connectivity index (χ0n) is 23.0.